The molecule has 3 aromatic carbocycles. The molecule has 29 heavy (non-hydrogen) atoms. The van der Waals surface area contributed by atoms with E-state index in [-0.39, 0.29) is 17.6 Å². The monoisotopic (exact) mass is 452 g/mol. The van der Waals surface area contributed by atoms with Gasteiger partial charge in [0, 0.05) is 22.3 Å². The molecular weight excluding hydrogens is 436 g/mol. The molecule has 4 rings (SSSR count). The Balaban J connectivity index is 1.69. The van der Waals surface area contributed by atoms with Gasteiger partial charge in [0.05, 0.1) is 23.0 Å². The smallest absolute Gasteiger partial charge is 0.269 e. The number of halogens is 1. The average molecular weight is 453 g/mol. The van der Waals surface area contributed by atoms with Crippen LogP contribution in [0.25, 0.3) is 0 Å². The standard InChI is InChI=1S/C22H17BrN2O4/c23-16-8-12-17(13-9-16)24-20(14-4-2-1-3-5-14)19(22(24)27)21(26)15-6-10-18(11-7-15)25(28)29/h1-13,19-21,26H. The summed E-state index contributed by atoms with van der Waals surface area (Å²) in [4.78, 5) is 25.1. The Morgan fingerprint density at radius 2 is 1.59 bits per heavy atom. The van der Waals surface area contributed by atoms with E-state index in [2.05, 4.69) is 15.9 Å². The molecule has 0 saturated carbocycles. The molecule has 6 nitrogen and oxygen atoms in total. The molecule has 1 fully saturated rings. The zero-order valence-electron chi connectivity index (χ0n) is 15.2. The highest BCUT2D eigenvalue weighted by molar-refractivity contribution is 9.10. The number of carbonyl (C=O) groups excluding carboxylic acids is 1. The fraction of sp³-hybridized carbons (Fsp3) is 0.136. The van der Waals surface area contributed by atoms with Crippen LogP contribution in [0.4, 0.5) is 11.4 Å². The van der Waals surface area contributed by atoms with E-state index >= 15 is 0 Å². The number of non-ortho nitro benzene ring substituents is 1. The SMILES string of the molecule is O=C1C(C(O)c2ccc([N+](=O)[O-])cc2)C(c2ccccc2)N1c1ccc(Br)cc1. The lowest BCUT2D eigenvalue weighted by atomic mass is 9.76. The lowest BCUT2D eigenvalue weighted by Crippen LogP contribution is -2.57. The van der Waals surface area contributed by atoms with Gasteiger partial charge in [-0.15, -0.1) is 0 Å². The fourth-order valence-electron chi connectivity index (χ4n) is 3.72. The van der Waals surface area contributed by atoms with Crippen LogP contribution in [0.2, 0.25) is 0 Å². The molecule has 0 radical (unpaired) electrons. The maximum Gasteiger partial charge on any atom is 0.269 e. The minimum Gasteiger partial charge on any atom is -0.387 e. The van der Waals surface area contributed by atoms with Crippen molar-refractivity contribution in [3.8, 4) is 0 Å². The summed E-state index contributed by atoms with van der Waals surface area (Å²) in [5, 5.41) is 21.8. The van der Waals surface area contributed by atoms with E-state index in [1.807, 2.05) is 54.6 Å². The van der Waals surface area contributed by atoms with E-state index in [0.29, 0.717) is 5.56 Å². The normalized spacial score (nSPS) is 19.5. The highest BCUT2D eigenvalue weighted by Crippen LogP contribution is 2.49. The van der Waals surface area contributed by atoms with E-state index < -0.39 is 16.9 Å². The Labute approximate surface area is 175 Å². The van der Waals surface area contributed by atoms with Crippen LogP contribution in [0.3, 0.4) is 0 Å². The number of nitro groups is 1. The Bertz CT molecular complexity index is 1040. The summed E-state index contributed by atoms with van der Waals surface area (Å²) >= 11 is 3.40. The van der Waals surface area contributed by atoms with Gasteiger partial charge < -0.3 is 10.0 Å². The first-order valence-corrected chi connectivity index (χ1v) is 9.82. The van der Waals surface area contributed by atoms with Crippen LogP contribution < -0.4 is 4.90 Å². The Hall–Kier alpha value is -3.03. The van der Waals surface area contributed by atoms with Gasteiger partial charge in [0.2, 0.25) is 5.91 Å². The van der Waals surface area contributed by atoms with Crippen molar-refractivity contribution < 1.29 is 14.8 Å². The molecule has 0 bridgehead atoms. The summed E-state index contributed by atoms with van der Waals surface area (Å²) in [5.41, 5.74) is 2.09. The van der Waals surface area contributed by atoms with Crippen LogP contribution in [0.5, 0.6) is 0 Å². The summed E-state index contributed by atoms with van der Waals surface area (Å²) in [6, 6.07) is 22.3. The quantitative estimate of drug-likeness (QED) is 0.342. The summed E-state index contributed by atoms with van der Waals surface area (Å²) in [6.45, 7) is 0. The number of nitro benzene ring substituents is 1. The van der Waals surface area contributed by atoms with Gasteiger partial charge in [-0.1, -0.05) is 46.3 Å². The number of benzene rings is 3. The highest BCUT2D eigenvalue weighted by atomic mass is 79.9. The minimum absolute atomic E-state index is 0.0583. The number of aliphatic hydroxyl groups is 1. The summed E-state index contributed by atoms with van der Waals surface area (Å²) in [7, 11) is 0. The first-order chi connectivity index (χ1) is 14.0. The van der Waals surface area contributed by atoms with Crippen molar-refractivity contribution in [3.63, 3.8) is 0 Å². The molecule has 1 aliphatic rings. The molecule has 3 unspecified atom stereocenters. The predicted molar refractivity (Wildman–Crippen MR) is 112 cm³/mol. The van der Waals surface area contributed by atoms with Gasteiger partial charge in [0.15, 0.2) is 0 Å². The number of β-lactam (4-membered cyclic amide) rings is 1. The van der Waals surface area contributed by atoms with Crippen LogP contribution in [-0.2, 0) is 4.79 Å². The molecule has 3 atom stereocenters. The van der Waals surface area contributed by atoms with E-state index in [9.17, 15) is 20.0 Å². The summed E-state index contributed by atoms with van der Waals surface area (Å²) in [6.07, 6.45) is -1.07. The van der Waals surface area contributed by atoms with E-state index in [4.69, 9.17) is 0 Å². The van der Waals surface area contributed by atoms with Gasteiger partial charge in [-0.25, -0.2) is 0 Å². The van der Waals surface area contributed by atoms with Crippen LogP contribution in [0.15, 0.2) is 83.3 Å². The Morgan fingerprint density at radius 1 is 0.966 bits per heavy atom. The minimum atomic E-state index is -1.07. The number of nitrogens with zero attached hydrogens (tertiary/aromatic N) is 2. The molecule has 7 heteroatoms. The van der Waals surface area contributed by atoms with Crippen LogP contribution in [0, 0.1) is 16.0 Å². The number of rotatable bonds is 5. The number of carbonyl (C=O) groups is 1. The summed E-state index contributed by atoms with van der Waals surface area (Å²) in [5.74, 6) is -0.866. The maximum atomic E-state index is 13.1. The van der Waals surface area contributed by atoms with Crippen molar-refractivity contribution in [1.82, 2.24) is 0 Å². The third-order valence-electron chi connectivity index (χ3n) is 5.17. The Kier molecular flexibility index (Phi) is 5.17. The molecule has 0 spiro atoms. The lowest BCUT2D eigenvalue weighted by molar-refractivity contribution is -0.384. The molecule has 1 amide bonds. The zero-order chi connectivity index (χ0) is 20.5. The number of anilines is 1. The zero-order valence-corrected chi connectivity index (χ0v) is 16.8. The molecule has 146 valence electrons. The van der Waals surface area contributed by atoms with E-state index in [1.54, 1.807) is 4.90 Å². The Morgan fingerprint density at radius 3 is 2.17 bits per heavy atom. The second kappa shape index (κ2) is 7.77. The number of hydrogen-bond donors (Lipinski definition) is 1. The van der Waals surface area contributed by atoms with E-state index in [0.717, 1.165) is 15.7 Å². The van der Waals surface area contributed by atoms with Gasteiger partial charge in [-0.3, -0.25) is 14.9 Å². The molecule has 1 heterocycles. The number of aliphatic hydroxyl groups excluding tert-OH is 1. The number of amides is 1. The molecular formula is C22H17BrN2O4. The highest BCUT2D eigenvalue weighted by Gasteiger charge is 2.52. The van der Waals surface area contributed by atoms with Gasteiger partial charge in [0.1, 0.15) is 0 Å². The fourth-order valence-corrected chi connectivity index (χ4v) is 3.98. The van der Waals surface area contributed by atoms with Gasteiger partial charge in [0.25, 0.3) is 5.69 Å². The first kappa shape index (κ1) is 19.3. The van der Waals surface area contributed by atoms with Crippen molar-refractivity contribution in [3.05, 3.63) is 105 Å². The number of hydrogen-bond acceptors (Lipinski definition) is 4. The van der Waals surface area contributed by atoms with Crippen molar-refractivity contribution >= 4 is 33.2 Å². The second-order valence-corrected chi connectivity index (χ2v) is 7.78. The van der Waals surface area contributed by atoms with Gasteiger partial charge in [-0.05, 0) is 47.5 Å². The summed E-state index contributed by atoms with van der Waals surface area (Å²) < 4.78 is 0.910. The molecule has 0 aromatic heterocycles. The van der Waals surface area contributed by atoms with Gasteiger partial charge >= 0.3 is 0 Å². The molecule has 0 aliphatic carbocycles. The van der Waals surface area contributed by atoms with Crippen LogP contribution in [-0.4, -0.2) is 15.9 Å². The van der Waals surface area contributed by atoms with Crippen molar-refractivity contribution in [2.45, 2.75) is 12.1 Å². The third-order valence-corrected chi connectivity index (χ3v) is 5.70. The van der Waals surface area contributed by atoms with E-state index in [1.165, 1.54) is 24.3 Å². The molecule has 1 saturated heterocycles. The lowest BCUT2D eigenvalue weighted by Gasteiger charge is -2.49. The predicted octanol–water partition coefficient (Wildman–Crippen LogP) is 4.80. The molecule has 1 N–H and O–H groups in total. The topological polar surface area (TPSA) is 83.7 Å². The van der Waals surface area contributed by atoms with Crippen molar-refractivity contribution in [1.29, 1.82) is 0 Å². The van der Waals surface area contributed by atoms with Gasteiger partial charge in [-0.2, -0.15) is 0 Å². The third kappa shape index (κ3) is 3.54. The van der Waals surface area contributed by atoms with Crippen LogP contribution in [0.1, 0.15) is 23.3 Å². The second-order valence-electron chi connectivity index (χ2n) is 6.86. The van der Waals surface area contributed by atoms with Crippen molar-refractivity contribution in [2.24, 2.45) is 5.92 Å². The van der Waals surface area contributed by atoms with Crippen LogP contribution >= 0.6 is 15.9 Å². The van der Waals surface area contributed by atoms with Crippen molar-refractivity contribution in [2.75, 3.05) is 4.90 Å². The molecule has 3 aromatic rings. The molecule has 1 aliphatic heterocycles. The average Bonchev–Trinajstić information content (AvgIpc) is 2.74. The largest absolute Gasteiger partial charge is 0.387 e. The maximum absolute atomic E-state index is 13.1. The first-order valence-electron chi connectivity index (χ1n) is 9.03.